The number of anilines is 2. The van der Waals surface area contributed by atoms with Crippen LogP contribution in [0.2, 0.25) is 0 Å². The quantitative estimate of drug-likeness (QED) is 0.119. The third-order valence-corrected chi connectivity index (χ3v) is 8.98. The lowest BCUT2D eigenvalue weighted by atomic mass is 9.91. The first-order valence-corrected chi connectivity index (χ1v) is 17.8. The van der Waals surface area contributed by atoms with Crippen molar-refractivity contribution in [1.29, 1.82) is 0 Å². The van der Waals surface area contributed by atoms with E-state index >= 15 is 0 Å². The number of nitrogens with zero attached hydrogens (tertiary/aromatic N) is 3. The molecule has 4 amide bonds. The summed E-state index contributed by atoms with van der Waals surface area (Å²) < 4.78 is 21.8. The van der Waals surface area contributed by atoms with Crippen LogP contribution in [0.1, 0.15) is 67.1 Å². The van der Waals surface area contributed by atoms with Crippen molar-refractivity contribution in [3.8, 4) is 23.0 Å². The highest BCUT2D eigenvalue weighted by atomic mass is 16.5. The van der Waals surface area contributed by atoms with Gasteiger partial charge in [0, 0.05) is 70.8 Å². The van der Waals surface area contributed by atoms with Crippen molar-refractivity contribution in [3.05, 3.63) is 70.8 Å². The Hall–Kier alpha value is -6.03. The van der Waals surface area contributed by atoms with Crippen LogP contribution < -0.4 is 45.9 Å². The molecule has 296 valence electrons. The lowest BCUT2D eigenvalue weighted by Gasteiger charge is -2.30. The highest BCUT2D eigenvalue weighted by Crippen LogP contribution is 2.32. The number of carbonyl (C=O) groups is 4. The molecule has 1 fully saturated rings. The van der Waals surface area contributed by atoms with Crippen LogP contribution in [-0.2, 0) is 0 Å². The maximum Gasteiger partial charge on any atom is 0.259 e. The zero-order chi connectivity index (χ0) is 40.2. The van der Waals surface area contributed by atoms with Crippen molar-refractivity contribution >= 4 is 41.0 Å². The van der Waals surface area contributed by atoms with Gasteiger partial charge in [-0.3, -0.25) is 19.2 Å². The fourth-order valence-corrected chi connectivity index (χ4v) is 6.23. The van der Waals surface area contributed by atoms with Gasteiger partial charge in [0.1, 0.15) is 23.0 Å². The average molecular weight is 761 g/mol. The smallest absolute Gasteiger partial charge is 0.259 e. The number of benzene rings is 3. The lowest BCUT2D eigenvalue weighted by Crippen LogP contribution is -2.40. The fraction of sp³-hybridized carbons (Fsp3) is 0.410. The second-order valence-electron chi connectivity index (χ2n) is 13.2. The molecule has 0 aromatic heterocycles. The van der Waals surface area contributed by atoms with Crippen molar-refractivity contribution in [2.24, 2.45) is 10.7 Å². The molecule has 55 heavy (non-hydrogen) atoms. The molecule has 4 rings (SSSR count). The Balaban J connectivity index is 1.46. The summed E-state index contributed by atoms with van der Waals surface area (Å²) in [5, 5.41) is 11.4. The van der Waals surface area contributed by atoms with Gasteiger partial charge in [-0.25, -0.2) is 4.99 Å². The summed E-state index contributed by atoms with van der Waals surface area (Å²) in [5.41, 5.74) is 6.91. The van der Waals surface area contributed by atoms with Crippen LogP contribution in [0.5, 0.6) is 23.0 Å². The number of methoxy groups -OCH3 is 4. The van der Waals surface area contributed by atoms with Crippen LogP contribution in [0.3, 0.4) is 0 Å². The van der Waals surface area contributed by atoms with E-state index in [4.69, 9.17) is 29.7 Å². The van der Waals surface area contributed by atoms with Crippen LogP contribution in [0.15, 0.2) is 53.5 Å². The Bertz CT molecular complexity index is 1860. The molecule has 3 aromatic carbocycles. The number of ether oxygens (including phenoxy) is 4. The zero-order valence-electron chi connectivity index (χ0n) is 32.7. The molecule has 0 saturated heterocycles. The van der Waals surface area contributed by atoms with E-state index < -0.39 is 17.7 Å². The molecule has 0 spiro atoms. The molecule has 0 unspecified atom stereocenters. The third kappa shape index (κ3) is 10.6. The van der Waals surface area contributed by atoms with Gasteiger partial charge in [-0.05, 0) is 62.1 Å². The van der Waals surface area contributed by atoms with Gasteiger partial charge in [-0.2, -0.15) is 0 Å². The Morgan fingerprint density at radius 2 is 1.04 bits per heavy atom. The van der Waals surface area contributed by atoms with E-state index in [1.54, 1.807) is 24.3 Å². The molecule has 0 atom stereocenters. The highest BCUT2D eigenvalue weighted by molar-refractivity contribution is 6.10. The molecule has 6 N–H and O–H groups in total. The topological polar surface area (TPSA) is 198 Å². The molecular formula is C39H52N8O8. The van der Waals surface area contributed by atoms with E-state index in [0.717, 1.165) is 31.6 Å². The minimum Gasteiger partial charge on any atom is -0.496 e. The van der Waals surface area contributed by atoms with E-state index in [9.17, 15) is 19.2 Å². The predicted octanol–water partition coefficient (Wildman–Crippen LogP) is 3.43. The molecule has 3 aromatic rings. The van der Waals surface area contributed by atoms with Crippen molar-refractivity contribution < 1.29 is 38.1 Å². The predicted molar refractivity (Wildman–Crippen MR) is 211 cm³/mol. The molecule has 0 radical (unpaired) electrons. The zero-order valence-corrected chi connectivity index (χ0v) is 32.7. The summed E-state index contributed by atoms with van der Waals surface area (Å²) in [6.07, 6.45) is 3.18. The van der Waals surface area contributed by atoms with Crippen LogP contribution in [0.4, 0.5) is 11.4 Å². The van der Waals surface area contributed by atoms with E-state index in [1.165, 1.54) is 52.7 Å². The first-order chi connectivity index (χ1) is 26.3. The van der Waals surface area contributed by atoms with Crippen LogP contribution in [-0.4, -0.2) is 121 Å². The number of aliphatic imine (C=N–C) groups is 1. The summed E-state index contributed by atoms with van der Waals surface area (Å²) >= 11 is 0. The first kappa shape index (κ1) is 41.7. The Kier molecular flexibility index (Phi) is 14.7. The number of carbonyl (C=O) groups excluding carboxylic acids is 4. The van der Waals surface area contributed by atoms with Crippen molar-refractivity contribution in [1.82, 2.24) is 20.4 Å². The van der Waals surface area contributed by atoms with E-state index in [-0.39, 0.29) is 76.3 Å². The monoisotopic (exact) mass is 760 g/mol. The van der Waals surface area contributed by atoms with Crippen molar-refractivity contribution in [2.45, 2.75) is 37.8 Å². The van der Waals surface area contributed by atoms with E-state index in [2.05, 4.69) is 21.3 Å². The molecule has 0 aliphatic heterocycles. The number of hydrogen-bond donors (Lipinski definition) is 5. The average Bonchev–Trinajstić information content (AvgIpc) is 3.18. The summed E-state index contributed by atoms with van der Waals surface area (Å²) in [5.74, 6) is -0.0667. The van der Waals surface area contributed by atoms with Gasteiger partial charge in [-0.1, -0.05) is 0 Å². The third-order valence-electron chi connectivity index (χ3n) is 8.98. The van der Waals surface area contributed by atoms with Gasteiger partial charge in [0.15, 0.2) is 5.96 Å². The highest BCUT2D eigenvalue weighted by Gasteiger charge is 2.27. The molecular weight excluding hydrogens is 708 g/mol. The molecule has 16 nitrogen and oxygen atoms in total. The first-order valence-electron chi connectivity index (χ1n) is 17.8. The number of rotatable bonds is 14. The summed E-state index contributed by atoms with van der Waals surface area (Å²) in [6, 6.07) is 12.3. The number of nitrogens with two attached hydrogens (primary N) is 1. The van der Waals surface area contributed by atoms with Gasteiger partial charge in [0.05, 0.1) is 56.7 Å². The fourth-order valence-electron chi connectivity index (χ4n) is 6.23. The Morgan fingerprint density at radius 1 is 0.636 bits per heavy atom. The molecule has 0 heterocycles. The largest absolute Gasteiger partial charge is 0.496 e. The molecule has 16 heteroatoms. The number of nitrogens with one attached hydrogen (secondary N) is 4. The minimum atomic E-state index is -0.540. The van der Waals surface area contributed by atoms with Gasteiger partial charge < -0.3 is 55.7 Å². The molecule has 1 aliphatic carbocycles. The Labute approximate surface area is 321 Å². The number of guanidine groups is 1. The van der Waals surface area contributed by atoms with Gasteiger partial charge in [0.25, 0.3) is 23.6 Å². The SMILES string of the molecule is COc1cc(OC)c(C(=O)Nc2ccc(NC(=O)c3cc(C(=O)NC4CCC(N=C(N(C)C)N(C)C)CC4)c(OC)cc3OC)cc2)cc1C(=O)NCCN. The van der Waals surface area contributed by atoms with Crippen LogP contribution >= 0.6 is 0 Å². The molecule has 0 bridgehead atoms. The normalized spacial score (nSPS) is 14.8. The number of hydrogen-bond acceptors (Lipinski definition) is 10. The van der Waals surface area contributed by atoms with Gasteiger partial charge in [-0.15, -0.1) is 0 Å². The molecule has 1 aliphatic rings. The second kappa shape index (κ2) is 19.3. The van der Waals surface area contributed by atoms with Crippen LogP contribution in [0.25, 0.3) is 0 Å². The summed E-state index contributed by atoms with van der Waals surface area (Å²) in [6.45, 7) is 0.488. The summed E-state index contributed by atoms with van der Waals surface area (Å²) in [4.78, 5) is 62.1. The molecule has 1 saturated carbocycles. The maximum absolute atomic E-state index is 13.6. The van der Waals surface area contributed by atoms with Crippen LogP contribution in [0, 0.1) is 0 Å². The van der Waals surface area contributed by atoms with Crippen molar-refractivity contribution in [2.75, 3.05) is 80.4 Å². The second-order valence-corrected chi connectivity index (χ2v) is 13.2. The number of amides is 4. The van der Waals surface area contributed by atoms with E-state index in [0.29, 0.717) is 11.4 Å². The van der Waals surface area contributed by atoms with Gasteiger partial charge in [0.2, 0.25) is 0 Å². The minimum absolute atomic E-state index is 0.0575. The lowest BCUT2D eigenvalue weighted by molar-refractivity contribution is 0.0919. The van der Waals surface area contributed by atoms with E-state index in [1.807, 2.05) is 38.0 Å². The Morgan fingerprint density at radius 3 is 1.42 bits per heavy atom. The van der Waals surface area contributed by atoms with Crippen molar-refractivity contribution in [3.63, 3.8) is 0 Å². The van der Waals surface area contributed by atoms with Gasteiger partial charge >= 0.3 is 0 Å². The standard InChI is InChI=1S/C39H52N8O8/c1-46(2)39(47(3)4)45-26-15-13-25(14-16-26)44-38(51)30-20-29(33(54-7)22-34(30)55-8)37(50)43-24-11-9-23(10-12-24)42-36(49)28-19-27(35(48)41-18-17-40)31(52-5)21-32(28)53-6/h9-12,19-22,25-26H,13-18,40H2,1-8H3,(H,41,48)(H,42,49)(H,43,50)(H,44,51). The maximum atomic E-state index is 13.6. The summed E-state index contributed by atoms with van der Waals surface area (Å²) in [7, 11) is 13.6.